The SMILES string of the molecule is CCCOc1cncc(N2CCNCC2(C)C)n1. The number of rotatable bonds is 4. The molecule has 1 aromatic rings. The molecule has 1 saturated heterocycles. The van der Waals surface area contributed by atoms with Crippen molar-refractivity contribution in [1.82, 2.24) is 15.3 Å². The first-order valence-corrected chi connectivity index (χ1v) is 6.56. The minimum atomic E-state index is 0.0519. The summed E-state index contributed by atoms with van der Waals surface area (Å²) in [6.45, 7) is 10.1. The van der Waals surface area contributed by atoms with Gasteiger partial charge in [0.2, 0.25) is 5.88 Å². The van der Waals surface area contributed by atoms with Crippen LogP contribution in [0, 0.1) is 0 Å². The Morgan fingerprint density at radius 1 is 1.44 bits per heavy atom. The highest BCUT2D eigenvalue weighted by Gasteiger charge is 2.30. The Morgan fingerprint density at radius 3 is 3.00 bits per heavy atom. The monoisotopic (exact) mass is 250 g/mol. The van der Waals surface area contributed by atoms with Crippen molar-refractivity contribution in [2.24, 2.45) is 0 Å². The fourth-order valence-corrected chi connectivity index (χ4v) is 2.15. The van der Waals surface area contributed by atoms with Crippen LogP contribution in [-0.2, 0) is 0 Å². The number of anilines is 1. The highest BCUT2D eigenvalue weighted by atomic mass is 16.5. The van der Waals surface area contributed by atoms with Gasteiger partial charge in [-0.3, -0.25) is 4.98 Å². The lowest BCUT2D eigenvalue weighted by Gasteiger charge is -2.43. The summed E-state index contributed by atoms with van der Waals surface area (Å²) in [4.78, 5) is 11.1. The summed E-state index contributed by atoms with van der Waals surface area (Å²) >= 11 is 0. The molecular weight excluding hydrogens is 228 g/mol. The van der Waals surface area contributed by atoms with Crippen LogP contribution in [0.4, 0.5) is 5.82 Å². The number of nitrogens with zero attached hydrogens (tertiary/aromatic N) is 3. The van der Waals surface area contributed by atoms with Crippen molar-refractivity contribution in [1.29, 1.82) is 0 Å². The first kappa shape index (κ1) is 13.1. The third kappa shape index (κ3) is 2.90. The van der Waals surface area contributed by atoms with Gasteiger partial charge in [-0.15, -0.1) is 0 Å². The largest absolute Gasteiger partial charge is 0.477 e. The molecule has 0 spiro atoms. The van der Waals surface area contributed by atoms with Gasteiger partial charge >= 0.3 is 0 Å². The van der Waals surface area contributed by atoms with Crippen molar-refractivity contribution < 1.29 is 4.74 Å². The first-order chi connectivity index (χ1) is 8.63. The molecule has 1 aliphatic rings. The highest BCUT2D eigenvalue weighted by Crippen LogP contribution is 2.24. The van der Waals surface area contributed by atoms with Crippen molar-refractivity contribution in [3.8, 4) is 5.88 Å². The Balaban J connectivity index is 2.16. The van der Waals surface area contributed by atoms with Crippen LogP contribution in [0.15, 0.2) is 12.4 Å². The molecule has 0 amide bonds. The van der Waals surface area contributed by atoms with Crippen molar-refractivity contribution in [3.05, 3.63) is 12.4 Å². The minimum Gasteiger partial charge on any atom is -0.477 e. The summed E-state index contributed by atoms with van der Waals surface area (Å²) in [7, 11) is 0. The van der Waals surface area contributed by atoms with E-state index in [-0.39, 0.29) is 5.54 Å². The Morgan fingerprint density at radius 2 is 2.28 bits per heavy atom. The van der Waals surface area contributed by atoms with Crippen LogP contribution in [0.3, 0.4) is 0 Å². The van der Waals surface area contributed by atoms with Gasteiger partial charge in [-0.1, -0.05) is 6.92 Å². The van der Waals surface area contributed by atoms with Crippen LogP contribution >= 0.6 is 0 Å². The lowest BCUT2D eigenvalue weighted by atomic mass is 10.0. The van der Waals surface area contributed by atoms with E-state index in [4.69, 9.17) is 4.74 Å². The third-order valence-corrected chi connectivity index (χ3v) is 3.13. The Kier molecular flexibility index (Phi) is 4.01. The number of nitrogens with one attached hydrogen (secondary N) is 1. The van der Waals surface area contributed by atoms with Gasteiger partial charge in [0.1, 0.15) is 0 Å². The zero-order valence-electron chi connectivity index (χ0n) is 11.4. The van der Waals surface area contributed by atoms with Gasteiger partial charge in [-0.25, -0.2) is 0 Å². The molecule has 5 nitrogen and oxygen atoms in total. The van der Waals surface area contributed by atoms with Gasteiger partial charge in [-0.05, 0) is 20.3 Å². The number of aromatic nitrogens is 2. The molecule has 0 bridgehead atoms. The molecule has 0 aromatic carbocycles. The first-order valence-electron chi connectivity index (χ1n) is 6.56. The van der Waals surface area contributed by atoms with Gasteiger partial charge in [-0.2, -0.15) is 4.98 Å². The summed E-state index contributed by atoms with van der Waals surface area (Å²) in [6, 6.07) is 0. The predicted octanol–water partition coefficient (Wildman–Crippen LogP) is 1.45. The molecule has 0 radical (unpaired) electrons. The van der Waals surface area contributed by atoms with E-state index in [0.717, 1.165) is 31.9 Å². The Bertz CT molecular complexity index is 394. The number of piperazine rings is 1. The second kappa shape index (κ2) is 5.52. The van der Waals surface area contributed by atoms with Crippen molar-refractivity contribution in [2.45, 2.75) is 32.7 Å². The molecule has 1 aromatic heterocycles. The highest BCUT2D eigenvalue weighted by molar-refractivity contribution is 5.42. The molecule has 1 fully saturated rings. The van der Waals surface area contributed by atoms with Crippen LogP contribution in [0.1, 0.15) is 27.2 Å². The van der Waals surface area contributed by atoms with E-state index in [2.05, 4.69) is 41.0 Å². The molecule has 0 saturated carbocycles. The van der Waals surface area contributed by atoms with Crippen LogP contribution in [0.5, 0.6) is 5.88 Å². The van der Waals surface area contributed by atoms with Gasteiger partial charge in [0.05, 0.1) is 19.0 Å². The molecule has 0 atom stereocenters. The van der Waals surface area contributed by atoms with E-state index in [1.807, 2.05) is 6.20 Å². The molecule has 18 heavy (non-hydrogen) atoms. The summed E-state index contributed by atoms with van der Waals surface area (Å²) in [5, 5.41) is 3.40. The van der Waals surface area contributed by atoms with Crippen LogP contribution in [-0.4, -0.2) is 41.7 Å². The lowest BCUT2D eigenvalue weighted by molar-refractivity contribution is 0.302. The standard InChI is InChI=1S/C13H22N4O/c1-4-7-18-12-9-15-8-11(16-12)17-6-5-14-10-13(17,2)3/h8-9,14H,4-7,10H2,1-3H3. The smallest absolute Gasteiger partial charge is 0.234 e. The fraction of sp³-hybridized carbons (Fsp3) is 0.692. The average molecular weight is 250 g/mol. The maximum absolute atomic E-state index is 5.54. The van der Waals surface area contributed by atoms with Gasteiger partial charge in [0.15, 0.2) is 5.82 Å². The zero-order chi connectivity index (χ0) is 13.0. The molecule has 2 rings (SSSR count). The predicted molar refractivity (Wildman–Crippen MR) is 72.1 cm³/mol. The van der Waals surface area contributed by atoms with Crippen LogP contribution in [0.25, 0.3) is 0 Å². The van der Waals surface area contributed by atoms with E-state index in [0.29, 0.717) is 12.5 Å². The number of ether oxygens (including phenoxy) is 1. The average Bonchev–Trinajstić information content (AvgIpc) is 2.36. The number of hydrogen-bond donors (Lipinski definition) is 1. The molecule has 1 N–H and O–H groups in total. The van der Waals surface area contributed by atoms with E-state index >= 15 is 0 Å². The molecule has 2 heterocycles. The van der Waals surface area contributed by atoms with E-state index < -0.39 is 0 Å². The van der Waals surface area contributed by atoms with Gasteiger partial charge < -0.3 is 15.0 Å². The summed E-state index contributed by atoms with van der Waals surface area (Å²) in [5.41, 5.74) is 0.0519. The van der Waals surface area contributed by atoms with E-state index in [9.17, 15) is 0 Å². The van der Waals surface area contributed by atoms with Crippen molar-refractivity contribution >= 4 is 5.82 Å². The molecule has 100 valence electrons. The molecule has 0 unspecified atom stereocenters. The van der Waals surface area contributed by atoms with Crippen molar-refractivity contribution in [2.75, 3.05) is 31.1 Å². The lowest BCUT2D eigenvalue weighted by Crippen LogP contribution is -2.58. The molecular formula is C13H22N4O. The quantitative estimate of drug-likeness (QED) is 0.876. The zero-order valence-corrected chi connectivity index (χ0v) is 11.4. The Labute approximate surface area is 109 Å². The minimum absolute atomic E-state index is 0.0519. The second-order valence-corrected chi connectivity index (χ2v) is 5.20. The molecule has 1 aliphatic heterocycles. The van der Waals surface area contributed by atoms with Crippen molar-refractivity contribution in [3.63, 3.8) is 0 Å². The maximum atomic E-state index is 5.54. The third-order valence-electron chi connectivity index (χ3n) is 3.13. The topological polar surface area (TPSA) is 50.3 Å². The van der Waals surface area contributed by atoms with Crippen LogP contribution < -0.4 is 15.0 Å². The number of hydrogen-bond acceptors (Lipinski definition) is 5. The Hall–Kier alpha value is -1.36. The fourth-order valence-electron chi connectivity index (χ4n) is 2.15. The second-order valence-electron chi connectivity index (χ2n) is 5.20. The van der Waals surface area contributed by atoms with E-state index in [1.54, 1.807) is 6.20 Å². The summed E-state index contributed by atoms with van der Waals surface area (Å²) in [6.07, 6.45) is 4.46. The maximum Gasteiger partial charge on any atom is 0.234 e. The van der Waals surface area contributed by atoms with E-state index in [1.165, 1.54) is 0 Å². The molecule has 5 heteroatoms. The summed E-state index contributed by atoms with van der Waals surface area (Å²) in [5.74, 6) is 1.51. The normalized spacial score (nSPS) is 18.7. The molecule has 0 aliphatic carbocycles. The summed E-state index contributed by atoms with van der Waals surface area (Å²) < 4.78 is 5.54. The van der Waals surface area contributed by atoms with Gasteiger partial charge in [0, 0.05) is 25.2 Å². The van der Waals surface area contributed by atoms with Crippen LogP contribution in [0.2, 0.25) is 0 Å². The van der Waals surface area contributed by atoms with Gasteiger partial charge in [0.25, 0.3) is 0 Å².